The van der Waals surface area contributed by atoms with Crippen LogP contribution in [0.25, 0.3) is 22.5 Å². The van der Waals surface area contributed by atoms with Crippen molar-refractivity contribution in [2.75, 3.05) is 30.2 Å². The largest absolute Gasteiger partial charge is 0.586 e. The van der Waals surface area contributed by atoms with Crippen LogP contribution in [0.1, 0.15) is 124 Å². The average molecular weight is 1520 g/mol. The smallest absolute Gasteiger partial charge is 0.481 e. The summed E-state index contributed by atoms with van der Waals surface area (Å²) in [6, 6.07) is 29.5. The van der Waals surface area contributed by atoms with Crippen LogP contribution in [0, 0.1) is 41.5 Å². The Kier molecular flexibility index (Phi) is 20.6. The standard InChI is InChI=1S/C24H21F2N3O4.C23H19F2N3O4.C17H13ClF2N2O3.C13H20BNO3.CH4/c1-13-4-7-19(28-20(13)15-10-14(2)21(31-3)27-12-15)29-22(30)23(8-9-23)16-5-6-17-18(11-16)33-24(25,26)32-17;1-12-3-6-18(27-19(12)14-9-13(2)20(29)26-11-14)28-21(30)22(7-8-22)15-4-5-16-17(10-15)32-23(24,25)31-16;1-9-2-5-13(21-14(9)18)22-15(23)16(6-7-16)10-3-4-11-12(8-10)25-17(19,20)24-11;1-9-7-10(8-15-11(9)16-6)14-17-12(2,3)13(4,5)18-14;/h4-7,10-12H,8-9H2,1-3H3,(H,28,29,30);3-6,9-11H,7-8H2,1-2H3,(H,26,29)(H,27,28,30);2-5,8H,6-7H2,1H3,(H,21,22,23);7-8H,1-6H3;1H4. The van der Waals surface area contributed by atoms with Crippen molar-refractivity contribution in [1.82, 2.24) is 29.9 Å². The Labute approximate surface area is 628 Å². The number of hydrogen-bond acceptors (Lipinski definition) is 19. The lowest BCUT2D eigenvalue weighted by Gasteiger charge is -2.32. The maximum Gasteiger partial charge on any atom is 0.586 e. The van der Waals surface area contributed by atoms with E-state index in [9.17, 15) is 45.5 Å². The van der Waals surface area contributed by atoms with Gasteiger partial charge in [0.15, 0.2) is 34.5 Å². The molecule has 3 amide bonds. The van der Waals surface area contributed by atoms with Gasteiger partial charge >= 0.3 is 26.0 Å². The number of fused-ring (bicyclic) bond motifs is 3. The highest BCUT2D eigenvalue weighted by atomic mass is 35.5. The zero-order chi connectivity index (χ0) is 77.4. The van der Waals surface area contributed by atoms with Gasteiger partial charge in [0.25, 0.3) is 5.56 Å². The molecule has 3 saturated carbocycles. The summed E-state index contributed by atoms with van der Waals surface area (Å²) < 4.78 is 129. The maximum absolute atomic E-state index is 13.4. The number of carbonyl (C=O) groups is 3. The maximum atomic E-state index is 13.4. The number of aryl methyl sites for hydroxylation is 6. The van der Waals surface area contributed by atoms with Gasteiger partial charge in [0, 0.05) is 51.9 Å². The number of ether oxygens (including phenoxy) is 8. The SMILES string of the molecule is C.COc1ncc(-c2nc(NC(=O)C3(c4ccc5c(c4)OC(F)(F)O5)CC3)ccc2C)cc1C.COc1ncc(B2OC(C)(C)C(C)(C)O2)cc1C.Cc1ccc(NC(=O)C2(c3ccc4c(c3)OC(F)(F)O4)CC2)nc1-c1c[nH]c(=O)c(C)c1.Cc1ccc(NC(=O)C2(c3ccc4c(c3)OC(F)(F)O4)CC2)nc1Cl. The molecule has 109 heavy (non-hydrogen) atoms. The first kappa shape index (κ1) is 77.6. The number of hydrogen-bond donors (Lipinski definition) is 4. The highest BCUT2D eigenvalue weighted by Gasteiger charge is 2.57. The summed E-state index contributed by atoms with van der Waals surface area (Å²) in [5.41, 5.74) is 7.33. The van der Waals surface area contributed by atoms with Crippen LogP contribution in [0.2, 0.25) is 5.15 Å². The lowest BCUT2D eigenvalue weighted by Crippen LogP contribution is -2.41. The second-order valence-electron chi connectivity index (χ2n) is 28.3. The van der Waals surface area contributed by atoms with Crippen molar-refractivity contribution in [1.29, 1.82) is 0 Å². The number of anilines is 3. The van der Waals surface area contributed by atoms with E-state index >= 15 is 0 Å². The third-order valence-corrected chi connectivity index (χ3v) is 20.4. The minimum atomic E-state index is -3.71. The molecular weight excluding hydrogens is 1450 g/mol. The van der Waals surface area contributed by atoms with E-state index in [2.05, 4.69) is 74.3 Å². The summed E-state index contributed by atoms with van der Waals surface area (Å²) in [4.78, 5) is 75.3. The van der Waals surface area contributed by atoms with Crippen molar-refractivity contribution < 1.29 is 87.9 Å². The van der Waals surface area contributed by atoms with Gasteiger partial charge in [-0.05, 0) is 208 Å². The van der Waals surface area contributed by atoms with Gasteiger partial charge < -0.3 is 68.1 Å². The fourth-order valence-electron chi connectivity index (χ4n) is 12.7. The van der Waals surface area contributed by atoms with Gasteiger partial charge in [-0.3, -0.25) is 19.2 Å². The van der Waals surface area contributed by atoms with Crippen LogP contribution < -0.4 is 64.9 Å². The molecule has 31 heteroatoms. The number of nitrogens with one attached hydrogen (secondary N) is 4. The van der Waals surface area contributed by atoms with E-state index in [0.717, 1.165) is 44.4 Å². The van der Waals surface area contributed by atoms with Crippen LogP contribution in [0.3, 0.4) is 0 Å². The number of amides is 3. The molecule has 3 aliphatic carbocycles. The lowest BCUT2D eigenvalue weighted by molar-refractivity contribution is -0.287. The number of methoxy groups -OCH3 is 2. The predicted octanol–water partition coefficient (Wildman–Crippen LogP) is 15.2. The number of nitrogens with zero attached hydrogens (tertiary/aromatic N) is 5. The number of benzene rings is 3. The Morgan fingerprint density at radius 2 is 0.817 bits per heavy atom. The molecule has 0 atom stereocenters. The summed E-state index contributed by atoms with van der Waals surface area (Å²) in [6.45, 7) is 19.3. The molecule has 570 valence electrons. The molecule has 16 rings (SSSR count). The normalized spacial score (nSPS) is 17.9. The fraction of sp³-hybridized carbons (Fsp3) is 0.346. The Bertz CT molecular complexity index is 5140. The average Bonchev–Trinajstić information content (AvgIpc) is 1.48. The summed E-state index contributed by atoms with van der Waals surface area (Å²) in [6.07, 6.45) is -2.53. The van der Waals surface area contributed by atoms with Crippen LogP contribution in [0.15, 0.2) is 133 Å². The molecule has 4 N–H and O–H groups in total. The van der Waals surface area contributed by atoms with Gasteiger partial charge in [-0.1, -0.05) is 61.5 Å². The number of aromatic nitrogens is 6. The molecule has 3 aromatic carbocycles. The van der Waals surface area contributed by atoms with E-state index in [1.165, 1.54) is 36.4 Å². The first-order valence-corrected chi connectivity index (χ1v) is 34.6. The number of pyridine rings is 6. The van der Waals surface area contributed by atoms with Crippen molar-refractivity contribution in [2.24, 2.45) is 0 Å². The molecule has 10 heterocycles. The highest BCUT2D eigenvalue weighted by Crippen LogP contribution is 2.55. The number of rotatable bonds is 14. The monoisotopic (exact) mass is 1520 g/mol. The Morgan fingerprint density at radius 3 is 1.18 bits per heavy atom. The van der Waals surface area contributed by atoms with Crippen molar-refractivity contribution in [2.45, 2.75) is 162 Å². The predicted molar refractivity (Wildman–Crippen MR) is 392 cm³/mol. The van der Waals surface area contributed by atoms with Gasteiger partial charge in [0.05, 0.1) is 53.1 Å². The number of alkyl halides is 6. The molecule has 4 aliphatic heterocycles. The quantitative estimate of drug-likeness (QED) is 0.0447. The molecule has 9 aromatic rings. The Balaban J connectivity index is 0.000000138. The van der Waals surface area contributed by atoms with Crippen molar-refractivity contribution in [3.8, 4) is 68.8 Å². The minimum Gasteiger partial charge on any atom is -0.481 e. The molecule has 23 nitrogen and oxygen atoms in total. The molecule has 4 fully saturated rings. The topological polar surface area (TPSA) is 277 Å². The number of H-pyrrole nitrogens is 1. The fourth-order valence-corrected chi connectivity index (χ4v) is 12.8. The zero-order valence-corrected chi connectivity index (χ0v) is 61.3. The molecule has 0 spiro atoms. The van der Waals surface area contributed by atoms with E-state index in [1.807, 2.05) is 86.6 Å². The number of halogens is 7. The summed E-state index contributed by atoms with van der Waals surface area (Å²) in [5, 5.41) is 8.79. The molecule has 0 radical (unpaired) electrons. The third-order valence-electron chi connectivity index (χ3n) is 20.0. The Hall–Kier alpha value is -11.0. The van der Waals surface area contributed by atoms with E-state index in [4.69, 9.17) is 30.4 Å². The first-order valence-electron chi connectivity index (χ1n) is 34.2. The first-order chi connectivity index (χ1) is 50.9. The van der Waals surface area contributed by atoms with E-state index in [0.29, 0.717) is 107 Å². The van der Waals surface area contributed by atoms with Gasteiger partial charge in [-0.25, -0.2) is 24.9 Å². The molecule has 0 bridgehead atoms. The number of aromatic amines is 1. The van der Waals surface area contributed by atoms with Gasteiger partial charge in [-0.15, -0.1) is 26.3 Å². The summed E-state index contributed by atoms with van der Waals surface area (Å²) >= 11 is 5.97. The van der Waals surface area contributed by atoms with Crippen molar-refractivity contribution in [3.63, 3.8) is 0 Å². The van der Waals surface area contributed by atoms with Crippen LogP contribution in [-0.4, -0.2) is 99.0 Å². The van der Waals surface area contributed by atoms with Crippen LogP contribution in [0.4, 0.5) is 43.8 Å². The zero-order valence-electron chi connectivity index (χ0n) is 60.5. The van der Waals surface area contributed by atoms with Gasteiger partial charge in [0.2, 0.25) is 29.5 Å². The second-order valence-corrected chi connectivity index (χ2v) is 28.6. The van der Waals surface area contributed by atoms with Crippen LogP contribution in [-0.2, 0) is 39.9 Å². The summed E-state index contributed by atoms with van der Waals surface area (Å²) in [5.74, 6) is 1.11. The van der Waals surface area contributed by atoms with Gasteiger partial charge in [-0.2, -0.15) is 0 Å². The molecule has 1 saturated heterocycles. The highest BCUT2D eigenvalue weighted by molar-refractivity contribution is 6.62. The molecule has 6 aromatic heterocycles. The van der Waals surface area contributed by atoms with E-state index in [1.54, 1.807) is 88.3 Å². The van der Waals surface area contributed by atoms with Crippen LogP contribution in [0.5, 0.6) is 46.3 Å². The van der Waals surface area contributed by atoms with Crippen molar-refractivity contribution in [3.05, 3.63) is 193 Å². The summed E-state index contributed by atoms with van der Waals surface area (Å²) in [7, 11) is 2.81. The Morgan fingerprint density at radius 1 is 0.459 bits per heavy atom. The minimum absolute atomic E-state index is 0. The molecule has 0 unspecified atom stereocenters. The molecular formula is C78H77BClF6N9O14. The molecule has 7 aliphatic rings. The van der Waals surface area contributed by atoms with Gasteiger partial charge in [0.1, 0.15) is 22.6 Å². The van der Waals surface area contributed by atoms with Crippen molar-refractivity contribution >= 4 is 59.4 Å². The van der Waals surface area contributed by atoms with Crippen LogP contribution >= 0.6 is 11.6 Å². The lowest BCUT2D eigenvalue weighted by atomic mass is 9.80. The van der Waals surface area contributed by atoms with E-state index < -0.39 is 35.1 Å². The third kappa shape index (κ3) is 16.0. The number of carbonyl (C=O) groups excluding carboxylic acids is 3. The van der Waals surface area contributed by atoms with E-state index in [-0.39, 0.29) is 83.5 Å². The second kappa shape index (κ2) is 28.9.